The van der Waals surface area contributed by atoms with Gasteiger partial charge in [0.2, 0.25) is 0 Å². The molecule has 29 heavy (non-hydrogen) atoms. The highest BCUT2D eigenvalue weighted by Gasteiger charge is 2.09. The normalized spacial score (nSPS) is 10.9. The van der Waals surface area contributed by atoms with Crippen LogP contribution in [0.3, 0.4) is 0 Å². The smallest absolute Gasteiger partial charge is 0.162 e. The third-order valence-electron chi connectivity index (χ3n) is 4.22. The van der Waals surface area contributed by atoms with Crippen LogP contribution in [0.25, 0.3) is 22.6 Å². The number of hydrazone groups is 1. The number of halogens is 1. The molecule has 142 valence electrons. The number of hydrogen-bond acceptors (Lipinski definition) is 5. The highest BCUT2D eigenvalue weighted by molar-refractivity contribution is 9.10. The molecule has 6 heteroatoms. The summed E-state index contributed by atoms with van der Waals surface area (Å²) in [4.78, 5) is 9.32. The van der Waals surface area contributed by atoms with Gasteiger partial charge < -0.3 is 5.11 Å². The van der Waals surface area contributed by atoms with E-state index in [4.69, 9.17) is 4.98 Å². The van der Waals surface area contributed by atoms with E-state index in [1.807, 2.05) is 66.7 Å². The molecule has 1 heterocycles. The zero-order valence-electron chi connectivity index (χ0n) is 15.3. The van der Waals surface area contributed by atoms with Crippen molar-refractivity contribution in [2.75, 3.05) is 5.43 Å². The van der Waals surface area contributed by atoms with E-state index in [1.165, 1.54) is 0 Å². The van der Waals surface area contributed by atoms with Crippen molar-refractivity contribution >= 4 is 28.0 Å². The Kier molecular flexibility index (Phi) is 5.63. The van der Waals surface area contributed by atoms with Crippen LogP contribution >= 0.6 is 15.9 Å². The summed E-state index contributed by atoms with van der Waals surface area (Å²) in [5.74, 6) is 1.32. The molecular formula is C23H17BrN4O. The van der Waals surface area contributed by atoms with E-state index in [-0.39, 0.29) is 5.75 Å². The standard InChI is InChI=1S/C23H17BrN4O/c24-19-12-10-17(11-13-19)23-26-20(16-6-2-1-3-7-16)14-22(27-23)28-25-15-18-8-4-5-9-21(18)29/h1-15,29H,(H,26,27,28). The first-order valence-corrected chi connectivity index (χ1v) is 9.76. The molecule has 0 fully saturated rings. The molecule has 2 N–H and O–H groups in total. The number of hydrogen-bond donors (Lipinski definition) is 2. The van der Waals surface area contributed by atoms with E-state index in [2.05, 4.69) is 31.4 Å². The van der Waals surface area contributed by atoms with Crippen LogP contribution in [0.2, 0.25) is 0 Å². The first-order chi connectivity index (χ1) is 14.2. The fraction of sp³-hybridized carbons (Fsp3) is 0. The van der Waals surface area contributed by atoms with Crippen LogP contribution in [-0.2, 0) is 0 Å². The van der Waals surface area contributed by atoms with Crippen LogP contribution in [0.1, 0.15) is 5.56 Å². The molecule has 0 saturated carbocycles. The lowest BCUT2D eigenvalue weighted by Gasteiger charge is -2.08. The van der Waals surface area contributed by atoms with Crippen LogP contribution in [0.5, 0.6) is 5.75 Å². The Morgan fingerprint density at radius 1 is 0.828 bits per heavy atom. The number of aromatic hydroxyl groups is 1. The van der Waals surface area contributed by atoms with Gasteiger partial charge in [0, 0.05) is 27.2 Å². The van der Waals surface area contributed by atoms with Crippen molar-refractivity contribution in [2.45, 2.75) is 0 Å². The minimum absolute atomic E-state index is 0.168. The molecule has 0 aliphatic heterocycles. The predicted molar refractivity (Wildman–Crippen MR) is 120 cm³/mol. The Morgan fingerprint density at radius 3 is 2.31 bits per heavy atom. The second-order valence-electron chi connectivity index (χ2n) is 6.26. The molecule has 5 nitrogen and oxygen atoms in total. The lowest BCUT2D eigenvalue weighted by Crippen LogP contribution is -1.99. The Bertz CT molecular complexity index is 1150. The van der Waals surface area contributed by atoms with Gasteiger partial charge in [0.1, 0.15) is 5.75 Å². The fourth-order valence-electron chi connectivity index (χ4n) is 2.75. The molecule has 0 unspecified atom stereocenters. The van der Waals surface area contributed by atoms with E-state index in [0.29, 0.717) is 17.2 Å². The Morgan fingerprint density at radius 2 is 1.55 bits per heavy atom. The maximum Gasteiger partial charge on any atom is 0.162 e. The molecule has 0 bridgehead atoms. The summed E-state index contributed by atoms with van der Waals surface area (Å²) >= 11 is 3.45. The molecule has 0 aliphatic carbocycles. The van der Waals surface area contributed by atoms with Crippen molar-refractivity contribution < 1.29 is 5.11 Å². The van der Waals surface area contributed by atoms with Crippen molar-refractivity contribution in [1.29, 1.82) is 0 Å². The number of para-hydroxylation sites is 1. The number of nitrogens with zero attached hydrogens (tertiary/aromatic N) is 3. The molecule has 4 aromatic rings. The summed E-state index contributed by atoms with van der Waals surface area (Å²) in [6.45, 7) is 0. The van der Waals surface area contributed by atoms with Gasteiger partial charge in [-0.15, -0.1) is 0 Å². The zero-order valence-corrected chi connectivity index (χ0v) is 16.9. The topological polar surface area (TPSA) is 70.4 Å². The lowest BCUT2D eigenvalue weighted by molar-refractivity contribution is 0.474. The number of phenolic OH excluding ortho intramolecular Hbond substituents is 1. The molecule has 0 spiro atoms. The number of phenols is 1. The van der Waals surface area contributed by atoms with Crippen molar-refractivity contribution in [3.63, 3.8) is 0 Å². The second-order valence-corrected chi connectivity index (χ2v) is 7.18. The minimum atomic E-state index is 0.168. The number of aromatic nitrogens is 2. The van der Waals surface area contributed by atoms with E-state index < -0.39 is 0 Å². The average Bonchev–Trinajstić information content (AvgIpc) is 2.76. The van der Waals surface area contributed by atoms with Crippen molar-refractivity contribution in [3.05, 3.63) is 95.0 Å². The fourth-order valence-corrected chi connectivity index (χ4v) is 3.02. The van der Waals surface area contributed by atoms with E-state index in [9.17, 15) is 5.11 Å². The Labute approximate surface area is 176 Å². The van der Waals surface area contributed by atoms with Crippen LogP contribution in [-0.4, -0.2) is 21.3 Å². The first-order valence-electron chi connectivity index (χ1n) is 8.96. The van der Waals surface area contributed by atoms with Gasteiger partial charge >= 0.3 is 0 Å². The molecular weight excluding hydrogens is 428 g/mol. The van der Waals surface area contributed by atoms with Gasteiger partial charge in [-0.2, -0.15) is 5.10 Å². The maximum absolute atomic E-state index is 9.87. The van der Waals surface area contributed by atoms with E-state index in [0.717, 1.165) is 21.3 Å². The van der Waals surface area contributed by atoms with Crippen LogP contribution in [0.4, 0.5) is 5.82 Å². The summed E-state index contributed by atoms with van der Waals surface area (Å²) in [7, 11) is 0. The quantitative estimate of drug-likeness (QED) is 0.304. The molecule has 1 aromatic heterocycles. The third kappa shape index (κ3) is 4.67. The third-order valence-corrected chi connectivity index (χ3v) is 4.75. The molecule has 4 rings (SSSR count). The Hall–Kier alpha value is -3.51. The second kappa shape index (κ2) is 8.67. The summed E-state index contributed by atoms with van der Waals surface area (Å²) in [5, 5.41) is 14.1. The minimum Gasteiger partial charge on any atom is -0.507 e. The average molecular weight is 445 g/mol. The lowest BCUT2D eigenvalue weighted by atomic mass is 10.1. The van der Waals surface area contributed by atoms with Crippen LogP contribution in [0.15, 0.2) is 94.5 Å². The van der Waals surface area contributed by atoms with E-state index >= 15 is 0 Å². The van der Waals surface area contributed by atoms with Crippen molar-refractivity contribution in [3.8, 4) is 28.4 Å². The summed E-state index contributed by atoms with van der Waals surface area (Å²) in [5.41, 5.74) is 6.25. The highest BCUT2D eigenvalue weighted by Crippen LogP contribution is 2.25. The van der Waals surface area contributed by atoms with Gasteiger partial charge in [0.05, 0.1) is 11.9 Å². The van der Waals surface area contributed by atoms with Crippen LogP contribution < -0.4 is 5.43 Å². The molecule has 0 radical (unpaired) electrons. The largest absolute Gasteiger partial charge is 0.507 e. The summed E-state index contributed by atoms with van der Waals surface area (Å²) in [6, 6.07) is 26.6. The number of benzene rings is 3. The van der Waals surface area contributed by atoms with Gasteiger partial charge in [0.25, 0.3) is 0 Å². The number of anilines is 1. The maximum atomic E-state index is 9.87. The van der Waals surface area contributed by atoms with Crippen LogP contribution in [0, 0.1) is 0 Å². The number of nitrogens with one attached hydrogen (secondary N) is 1. The first kappa shape index (κ1) is 18.8. The zero-order chi connectivity index (χ0) is 20.1. The van der Waals surface area contributed by atoms with Gasteiger partial charge in [-0.05, 0) is 24.3 Å². The predicted octanol–water partition coefficient (Wildman–Crippen LogP) is 5.72. The monoisotopic (exact) mass is 444 g/mol. The van der Waals surface area contributed by atoms with Gasteiger partial charge in [-0.25, -0.2) is 9.97 Å². The highest BCUT2D eigenvalue weighted by atomic mass is 79.9. The molecule has 0 saturated heterocycles. The molecule has 0 amide bonds. The molecule has 0 atom stereocenters. The van der Waals surface area contributed by atoms with Gasteiger partial charge in [0.15, 0.2) is 11.6 Å². The van der Waals surface area contributed by atoms with Crippen molar-refractivity contribution in [1.82, 2.24) is 9.97 Å². The number of rotatable bonds is 5. The summed E-state index contributed by atoms with van der Waals surface area (Å²) in [6.07, 6.45) is 1.55. The SMILES string of the molecule is Oc1ccccc1C=NNc1cc(-c2ccccc2)nc(-c2ccc(Br)cc2)n1. The molecule has 3 aromatic carbocycles. The summed E-state index contributed by atoms with van der Waals surface area (Å²) < 4.78 is 0.992. The molecule has 0 aliphatic rings. The van der Waals surface area contributed by atoms with E-state index in [1.54, 1.807) is 24.4 Å². The van der Waals surface area contributed by atoms with Crippen molar-refractivity contribution in [2.24, 2.45) is 5.10 Å². The van der Waals surface area contributed by atoms with Gasteiger partial charge in [-0.3, -0.25) is 5.43 Å². The Balaban J connectivity index is 1.69. The van der Waals surface area contributed by atoms with Gasteiger partial charge in [-0.1, -0.05) is 70.5 Å².